The Balaban J connectivity index is 1.99. The van der Waals surface area contributed by atoms with E-state index in [2.05, 4.69) is 15.9 Å². The molecule has 0 radical (unpaired) electrons. The van der Waals surface area contributed by atoms with Crippen LogP contribution in [0, 0.1) is 10.1 Å². The predicted molar refractivity (Wildman–Crippen MR) is 75.8 cm³/mol. The number of nitrogens with zero attached hydrogens (tertiary/aromatic N) is 1. The lowest BCUT2D eigenvalue weighted by Crippen LogP contribution is -2.32. The Hall–Kier alpha value is -0.980. The summed E-state index contributed by atoms with van der Waals surface area (Å²) in [5, 5.41) is 10.8. The van der Waals surface area contributed by atoms with Crippen molar-refractivity contribution >= 4 is 21.6 Å². The van der Waals surface area contributed by atoms with Crippen molar-refractivity contribution in [2.75, 3.05) is 0 Å². The maximum atomic E-state index is 10.8. The molecule has 1 aliphatic rings. The van der Waals surface area contributed by atoms with Gasteiger partial charge in [-0.2, -0.15) is 0 Å². The number of nitro groups is 1. The van der Waals surface area contributed by atoms with E-state index in [0.717, 1.165) is 31.2 Å². The molecule has 104 valence electrons. The van der Waals surface area contributed by atoms with E-state index < -0.39 is 4.92 Å². The molecule has 0 spiro atoms. The average Bonchev–Trinajstić information content (AvgIpc) is 2.37. The van der Waals surface area contributed by atoms with Crippen LogP contribution in [0.1, 0.15) is 31.2 Å². The summed E-state index contributed by atoms with van der Waals surface area (Å²) >= 11 is 3.27. The van der Waals surface area contributed by atoms with E-state index in [0.29, 0.717) is 11.1 Å². The molecule has 1 aromatic rings. The monoisotopic (exact) mass is 328 g/mol. The molecule has 1 saturated carbocycles. The lowest BCUT2D eigenvalue weighted by atomic mass is 9.93. The SMILES string of the molecule is NC1CCCC(OCc2cccc([N+](=O)[O-])c2Br)C1. The average molecular weight is 329 g/mol. The van der Waals surface area contributed by atoms with Crippen LogP contribution in [-0.4, -0.2) is 17.1 Å². The molecule has 0 aliphatic heterocycles. The molecular formula is C13H17BrN2O3. The zero-order valence-corrected chi connectivity index (χ0v) is 12.1. The summed E-state index contributed by atoms with van der Waals surface area (Å²) in [7, 11) is 0. The largest absolute Gasteiger partial charge is 0.373 e. The number of nitro benzene ring substituents is 1. The third-order valence-corrected chi connectivity index (χ3v) is 4.31. The minimum Gasteiger partial charge on any atom is -0.373 e. The zero-order chi connectivity index (χ0) is 13.8. The third kappa shape index (κ3) is 3.75. The van der Waals surface area contributed by atoms with Crippen LogP contribution >= 0.6 is 15.9 Å². The summed E-state index contributed by atoms with van der Waals surface area (Å²) in [4.78, 5) is 10.4. The molecule has 19 heavy (non-hydrogen) atoms. The van der Waals surface area contributed by atoms with Crippen molar-refractivity contribution in [2.24, 2.45) is 5.73 Å². The van der Waals surface area contributed by atoms with Crippen LogP contribution in [0.25, 0.3) is 0 Å². The minimum absolute atomic E-state index is 0.0708. The fraction of sp³-hybridized carbons (Fsp3) is 0.538. The smallest absolute Gasteiger partial charge is 0.283 e. The van der Waals surface area contributed by atoms with Crippen molar-refractivity contribution in [1.82, 2.24) is 0 Å². The lowest BCUT2D eigenvalue weighted by Gasteiger charge is -2.26. The number of nitrogens with two attached hydrogens (primary N) is 1. The summed E-state index contributed by atoms with van der Waals surface area (Å²) in [6.07, 6.45) is 4.18. The van der Waals surface area contributed by atoms with Crippen molar-refractivity contribution in [3.8, 4) is 0 Å². The molecule has 0 saturated heterocycles. The van der Waals surface area contributed by atoms with Crippen LogP contribution in [0.5, 0.6) is 0 Å². The van der Waals surface area contributed by atoms with Gasteiger partial charge in [-0.25, -0.2) is 0 Å². The van der Waals surface area contributed by atoms with Crippen LogP contribution in [-0.2, 0) is 11.3 Å². The van der Waals surface area contributed by atoms with Crippen molar-refractivity contribution in [2.45, 2.75) is 44.4 Å². The Morgan fingerprint density at radius 1 is 1.47 bits per heavy atom. The van der Waals surface area contributed by atoms with Crippen LogP contribution in [0.3, 0.4) is 0 Å². The standard InChI is InChI=1S/C13H17BrN2O3/c14-13-9(3-1-6-12(13)16(17)18)8-19-11-5-2-4-10(15)7-11/h1,3,6,10-11H,2,4-5,7-8,15H2. The number of ether oxygens (including phenoxy) is 1. The molecule has 1 fully saturated rings. The fourth-order valence-electron chi connectivity index (χ4n) is 2.36. The Morgan fingerprint density at radius 2 is 2.26 bits per heavy atom. The molecule has 0 bridgehead atoms. The van der Waals surface area contributed by atoms with E-state index in [-0.39, 0.29) is 17.8 Å². The highest BCUT2D eigenvalue weighted by Gasteiger charge is 2.21. The first-order chi connectivity index (χ1) is 9.08. The Labute approximate surface area is 120 Å². The van der Waals surface area contributed by atoms with E-state index in [1.54, 1.807) is 6.07 Å². The molecule has 0 aromatic heterocycles. The minimum atomic E-state index is -0.399. The first kappa shape index (κ1) is 14.4. The summed E-state index contributed by atoms with van der Waals surface area (Å²) in [6.45, 7) is 0.375. The van der Waals surface area contributed by atoms with Gasteiger partial charge in [-0.05, 0) is 47.2 Å². The molecule has 2 unspecified atom stereocenters. The topological polar surface area (TPSA) is 78.4 Å². The summed E-state index contributed by atoms with van der Waals surface area (Å²) < 4.78 is 6.32. The molecular weight excluding hydrogens is 312 g/mol. The first-order valence-electron chi connectivity index (χ1n) is 6.37. The van der Waals surface area contributed by atoms with Gasteiger partial charge in [0.2, 0.25) is 0 Å². The Bertz CT molecular complexity index is 467. The maximum Gasteiger partial charge on any atom is 0.283 e. The number of hydrogen-bond donors (Lipinski definition) is 1. The number of rotatable bonds is 4. The Morgan fingerprint density at radius 3 is 2.95 bits per heavy atom. The molecule has 2 atom stereocenters. The van der Waals surface area contributed by atoms with E-state index >= 15 is 0 Å². The summed E-state index contributed by atoms with van der Waals surface area (Å²) in [6, 6.07) is 5.20. The molecule has 1 aliphatic carbocycles. The number of halogens is 1. The van der Waals surface area contributed by atoms with Gasteiger partial charge >= 0.3 is 0 Å². The first-order valence-corrected chi connectivity index (χ1v) is 7.16. The predicted octanol–water partition coefficient (Wildman–Crippen LogP) is 3.14. The Kier molecular flexibility index (Phi) is 4.90. The van der Waals surface area contributed by atoms with Crippen molar-refractivity contribution < 1.29 is 9.66 Å². The maximum absolute atomic E-state index is 10.8. The number of benzene rings is 1. The lowest BCUT2D eigenvalue weighted by molar-refractivity contribution is -0.385. The van der Waals surface area contributed by atoms with Gasteiger partial charge in [0, 0.05) is 12.1 Å². The zero-order valence-electron chi connectivity index (χ0n) is 10.5. The van der Waals surface area contributed by atoms with E-state index in [1.807, 2.05) is 6.07 Å². The normalized spacial score (nSPS) is 23.3. The van der Waals surface area contributed by atoms with Gasteiger partial charge < -0.3 is 10.5 Å². The molecule has 2 N–H and O–H groups in total. The molecule has 2 rings (SSSR count). The highest BCUT2D eigenvalue weighted by atomic mass is 79.9. The molecule has 6 heteroatoms. The molecule has 1 aromatic carbocycles. The van der Waals surface area contributed by atoms with Crippen molar-refractivity contribution in [3.05, 3.63) is 38.3 Å². The van der Waals surface area contributed by atoms with Crippen LogP contribution in [0.4, 0.5) is 5.69 Å². The highest BCUT2D eigenvalue weighted by molar-refractivity contribution is 9.10. The second-order valence-corrected chi connectivity index (χ2v) is 5.66. The second kappa shape index (κ2) is 6.45. The quantitative estimate of drug-likeness (QED) is 0.680. The highest BCUT2D eigenvalue weighted by Crippen LogP contribution is 2.29. The third-order valence-electron chi connectivity index (χ3n) is 3.40. The van der Waals surface area contributed by atoms with Gasteiger partial charge in [-0.15, -0.1) is 0 Å². The van der Waals surface area contributed by atoms with E-state index in [1.165, 1.54) is 6.07 Å². The van der Waals surface area contributed by atoms with Crippen molar-refractivity contribution in [3.63, 3.8) is 0 Å². The van der Waals surface area contributed by atoms with Crippen LogP contribution < -0.4 is 5.73 Å². The van der Waals surface area contributed by atoms with Gasteiger partial charge in [0.05, 0.1) is 17.6 Å². The van der Waals surface area contributed by atoms with Crippen LogP contribution in [0.15, 0.2) is 22.7 Å². The van der Waals surface area contributed by atoms with E-state index in [9.17, 15) is 10.1 Å². The fourth-order valence-corrected chi connectivity index (χ4v) is 2.88. The summed E-state index contributed by atoms with van der Waals surface area (Å²) in [5.74, 6) is 0. The van der Waals surface area contributed by atoms with Gasteiger partial charge in [0.1, 0.15) is 4.47 Å². The van der Waals surface area contributed by atoms with E-state index in [4.69, 9.17) is 10.5 Å². The van der Waals surface area contributed by atoms with Gasteiger partial charge in [-0.1, -0.05) is 12.1 Å². The second-order valence-electron chi connectivity index (χ2n) is 4.87. The van der Waals surface area contributed by atoms with Gasteiger partial charge in [0.25, 0.3) is 5.69 Å². The molecule has 0 heterocycles. The number of hydrogen-bond acceptors (Lipinski definition) is 4. The molecule has 0 amide bonds. The molecule has 5 nitrogen and oxygen atoms in total. The van der Waals surface area contributed by atoms with Gasteiger partial charge in [-0.3, -0.25) is 10.1 Å². The van der Waals surface area contributed by atoms with Crippen LogP contribution in [0.2, 0.25) is 0 Å². The summed E-state index contributed by atoms with van der Waals surface area (Å²) in [5.41, 5.74) is 6.78. The van der Waals surface area contributed by atoms with Gasteiger partial charge in [0.15, 0.2) is 0 Å². The van der Waals surface area contributed by atoms with Crippen molar-refractivity contribution in [1.29, 1.82) is 0 Å².